The summed E-state index contributed by atoms with van der Waals surface area (Å²) >= 11 is 0. The summed E-state index contributed by atoms with van der Waals surface area (Å²) in [7, 11) is 3.99. The molecule has 1 fully saturated rings. The number of nitrogens with one attached hydrogen (secondary N) is 1. The summed E-state index contributed by atoms with van der Waals surface area (Å²) in [5.41, 5.74) is 0. The van der Waals surface area contributed by atoms with E-state index in [1.807, 2.05) is 31.1 Å². The fourth-order valence-electron chi connectivity index (χ4n) is 2.48. The number of amides is 2. The van der Waals surface area contributed by atoms with E-state index in [-0.39, 0.29) is 17.9 Å². The summed E-state index contributed by atoms with van der Waals surface area (Å²) < 4.78 is 0. The van der Waals surface area contributed by atoms with Crippen LogP contribution in [0.1, 0.15) is 6.42 Å². The van der Waals surface area contributed by atoms with Crippen LogP contribution in [0, 0.1) is 0 Å². The standard InChI is InChI=1S/C14H24N4O2/c1-16(2)8-9-17-10-11-18(7-5-13(17)19)14(20)12-4-3-6-15-12/h3-4,12,15H,5-11H2,1-2H3/t12-/m0/s1. The molecule has 0 saturated carbocycles. The molecule has 0 aliphatic carbocycles. The summed E-state index contributed by atoms with van der Waals surface area (Å²) in [6, 6.07) is -0.210. The molecule has 0 aromatic rings. The molecule has 6 nitrogen and oxygen atoms in total. The second kappa shape index (κ2) is 6.85. The molecule has 2 aliphatic heterocycles. The molecule has 0 radical (unpaired) electrons. The van der Waals surface area contributed by atoms with Crippen LogP contribution in [0.15, 0.2) is 12.2 Å². The molecule has 112 valence electrons. The lowest BCUT2D eigenvalue weighted by Crippen LogP contribution is -2.45. The maximum absolute atomic E-state index is 12.3. The van der Waals surface area contributed by atoms with E-state index in [1.165, 1.54) is 0 Å². The number of hydrogen-bond donors (Lipinski definition) is 1. The third-order valence-corrected chi connectivity index (χ3v) is 3.77. The van der Waals surface area contributed by atoms with Crippen molar-refractivity contribution in [1.82, 2.24) is 20.0 Å². The van der Waals surface area contributed by atoms with Crippen LogP contribution in [0.5, 0.6) is 0 Å². The average Bonchev–Trinajstić information content (AvgIpc) is 2.88. The Morgan fingerprint density at radius 1 is 1.40 bits per heavy atom. The Kier molecular flexibility index (Phi) is 5.14. The molecule has 0 bridgehead atoms. The topological polar surface area (TPSA) is 55.9 Å². The maximum Gasteiger partial charge on any atom is 0.243 e. The molecule has 2 amide bonds. The molecule has 1 N–H and O–H groups in total. The Bertz CT molecular complexity index is 395. The number of likely N-dealkylation sites (N-methyl/N-ethyl adjacent to an activating group) is 1. The van der Waals surface area contributed by atoms with E-state index in [2.05, 4.69) is 10.2 Å². The first-order valence-corrected chi connectivity index (χ1v) is 7.19. The Balaban J connectivity index is 1.88. The van der Waals surface area contributed by atoms with Gasteiger partial charge in [-0.25, -0.2) is 0 Å². The Morgan fingerprint density at radius 2 is 2.20 bits per heavy atom. The molecule has 0 aromatic heterocycles. The predicted molar refractivity (Wildman–Crippen MR) is 77.3 cm³/mol. The average molecular weight is 280 g/mol. The zero-order valence-corrected chi connectivity index (χ0v) is 12.3. The summed E-state index contributed by atoms with van der Waals surface area (Å²) in [6.07, 6.45) is 4.30. The highest BCUT2D eigenvalue weighted by atomic mass is 16.2. The van der Waals surface area contributed by atoms with Gasteiger partial charge in [-0.05, 0) is 14.1 Å². The highest BCUT2D eigenvalue weighted by Gasteiger charge is 2.27. The second-order valence-corrected chi connectivity index (χ2v) is 5.57. The number of rotatable bonds is 4. The quantitative estimate of drug-likeness (QED) is 0.681. The van der Waals surface area contributed by atoms with Crippen LogP contribution >= 0.6 is 0 Å². The first kappa shape index (κ1) is 15.0. The first-order valence-electron chi connectivity index (χ1n) is 7.19. The highest BCUT2D eigenvalue weighted by Crippen LogP contribution is 2.08. The normalized spacial score (nSPS) is 23.6. The fraction of sp³-hybridized carbons (Fsp3) is 0.714. The monoisotopic (exact) mass is 280 g/mol. The van der Waals surface area contributed by atoms with Gasteiger partial charge in [0, 0.05) is 45.7 Å². The molecule has 6 heteroatoms. The molecule has 0 unspecified atom stereocenters. The van der Waals surface area contributed by atoms with Crippen molar-refractivity contribution in [3.8, 4) is 0 Å². The first-order chi connectivity index (χ1) is 9.58. The molecule has 2 aliphatic rings. The molecule has 20 heavy (non-hydrogen) atoms. The molecule has 0 spiro atoms. The van der Waals surface area contributed by atoms with Crippen LogP contribution in [-0.2, 0) is 9.59 Å². The van der Waals surface area contributed by atoms with Gasteiger partial charge in [0.05, 0.1) is 0 Å². The third kappa shape index (κ3) is 3.80. The van der Waals surface area contributed by atoms with Crippen molar-refractivity contribution in [2.24, 2.45) is 0 Å². The molecule has 1 atom stereocenters. The lowest BCUT2D eigenvalue weighted by atomic mass is 10.2. The zero-order chi connectivity index (χ0) is 14.5. The SMILES string of the molecule is CN(C)CCN1CCN(C(=O)[C@@H]2C=CCN2)CCC1=O. The van der Waals surface area contributed by atoms with Crippen LogP contribution in [0.3, 0.4) is 0 Å². The summed E-state index contributed by atoms with van der Waals surface area (Å²) in [6.45, 7) is 4.13. The van der Waals surface area contributed by atoms with Gasteiger partial charge in [0.1, 0.15) is 6.04 Å². The minimum Gasteiger partial charge on any atom is -0.340 e. The number of carbonyl (C=O) groups excluding carboxylic acids is 2. The van der Waals surface area contributed by atoms with E-state index in [1.54, 1.807) is 4.90 Å². The van der Waals surface area contributed by atoms with Crippen LogP contribution in [-0.4, -0.2) is 85.9 Å². The van der Waals surface area contributed by atoms with Gasteiger partial charge in [-0.1, -0.05) is 12.2 Å². The van der Waals surface area contributed by atoms with Gasteiger partial charge in [-0.15, -0.1) is 0 Å². The van der Waals surface area contributed by atoms with Gasteiger partial charge in [0.2, 0.25) is 11.8 Å². The fourth-order valence-corrected chi connectivity index (χ4v) is 2.48. The van der Waals surface area contributed by atoms with Crippen molar-refractivity contribution in [2.45, 2.75) is 12.5 Å². The summed E-state index contributed by atoms with van der Waals surface area (Å²) in [5.74, 6) is 0.234. The smallest absolute Gasteiger partial charge is 0.243 e. The molecule has 2 heterocycles. The predicted octanol–water partition coefficient (Wildman–Crippen LogP) is -0.863. The van der Waals surface area contributed by atoms with Crippen molar-refractivity contribution in [3.63, 3.8) is 0 Å². The lowest BCUT2D eigenvalue weighted by Gasteiger charge is -2.24. The van der Waals surface area contributed by atoms with Crippen LogP contribution in [0.25, 0.3) is 0 Å². The van der Waals surface area contributed by atoms with Gasteiger partial charge in [0.25, 0.3) is 0 Å². The Morgan fingerprint density at radius 3 is 2.85 bits per heavy atom. The molecular weight excluding hydrogens is 256 g/mol. The lowest BCUT2D eigenvalue weighted by molar-refractivity contribution is -0.131. The van der Waals surface area contributed by atoms with Crippen molar-refractivity contribution in [2.75, 3.05) is 53.4 Å². The van der Waals surface area contributed by atoms with Gasteiger partial charge >= 0.3 is 0 Å². The van der Waals surface area contributed by atoms with Crippen LogP contribution < -0.4 is 5.32 Å². The molecule has 0 aromatic carbocycles. The van der Waals surface area contributed by atoms with Crippen molar-refractivity contribution in [1.29, 1.82) is 0 Å². The van der Waals surface area contributed by atoms with Crippen molar-refractivity contribution >= 4 is 11.8 Å². The summed E-state index contributed by atoms with van der Waals surface area (Å²) in [5, 5.41) is 3.13. The van der Waals surface area contributed by atoms with Crippen LogP contribution in [0.4, 0.5) is 0 Å². The van der Waals surface area contributed by atoms with Gasteiger partial charge in [-0.3, -0.25) is 14.9 Å². The van der Waals surface area contributed by atoms with E-state index in [0.29, 0.717) is 26.1 Å². The second-order valence-electron chi connectivity index (χ2n) is 5.57. The molecule has 2 rings (SSSR count). The third-order valence-electron chi connectivity index (χ3n) is 3.77. The van der Waals surface area contributed by atoms with Gasteiger partial charge < -0.3 is 14.7 Å². The van der Waals surface area contributed by atoms with E-state index >= 15 is 0 Å². The minimum absolute atomic E-state index is 0.0843. The highest BCUT2D eigenvalue weighted by molar-refractivity contribution is 5.85. The molecule has 1 saturated heterocycles. The summed E-state index contributed by atoms with van der Waals surface area (Å²) in [4.78, 5) is 30.1. The number of hydrogen-bond acceptors (Lipinski definition) is 4. The van der Waals surface area contributed by atoms with E-state index < -0.39 is 0 Å². The zero-order valence-electron chi connectivity index (χ0n) is 12.3. The Labute approximate surface area is 120 Å². The van der Waals surface area contributed by atoms with E-state index in [0.717, 1.165) is 19.6 Å². The van der Waals surface area contributed by atoms with Gasteiger partial charge in [0.15, 0.2) is 0 Å². The van der Waals surface area contributed by atoms with Gasteiger partial charge in [-0.2, -0.15) is 0 Å². The maximum atomic E-state index is 12.3. The minimum atomic E-state index is -0.210. The van der Waals surface area contributed by atoms with Crippen molar-refractivity contribution in [3.05, 3.63) is 12.2 Å². The van der Waals surface area contributed by atoms with E-state index in [4.69, 9.17) is 0 Å². The molecular formula is C14H24N4O2. The van der Waals surface area contributed by atoms with E-state index in [9.17, 15) is 9.59 Å². The Hall–Kier alpha value is -1.40. The van der Waals surface area contributed by atoms with Crippen molar-refractivity contribution < 1.29 is 9.59 Å². The largest absolute Gasteiger partial charge is 0.340 e. The number of carbonyl (C=O) groups is 2. The van der Waals surface area contributed by atoms with Crippen LogP contribution in [0.2, 0.25) is 0 Å². The number of nitrogens with zero attached hydrogens (tertiary/aromatic N) is 3.